The highest BCUT2D eigenvalue weighted by Crippen LogP contribution is 2.32. The molecule has 1 aliphatic heterocycles. The van der Waals surface area contributed by atoms with Gasteiger partial charge in [-0.1, -0.05) is 6.07 Å². The second-order valence-electron chi connectivity index (χ2n) is 6.98. The van der Waals surface area contributed by atoms with Gasteiger partial charge in [0, 0.05) is 12.1 Å². The lowest BCUT2D eigenvalue weighted by molar-refractivity contribution is -0.200. The summed E-state index contributed by atoms with van der Waals surface area (Å²) in [5, 5.41) is 1.23. The number of hydroxylamine groups is 2. The van der Waals surface area contributed by atoms with Gasteiger partial charge in [0.25, 0.3) is 0 Å². The molecule has 1 atom stereocenters. The molecule has 0 aromatic heterocycles. The smallest absolute Gasteiger partial charge is 0.367 e. The summed E-state index contributed by atoms with van der Waals surface area (Å²) in [5.74, 6) is -2.60. The number of rotatable bonds is 3. The maximum atomic E-state index is 13.7. The average molecular weight is 361 g/mol. The third-order valence-corrected chi connectivity index (χ3v) is 3.88. The van der Waals surface area contributed by atoms with Crippen molar-refractivity contribution in [1.82, 2.24) is 5.06 Å². The molecule has 0 spiro atoms. The van der Waals surface area contributed by atoms with Crippen molar-refractivity contribution in [2.24, 2.45) is 5.41 Å². The van der Waals surface area contributed by atoms with E-state index in [1.165, 1.54) is 5.06 Å². The van der Waals surface area contributed by atoms with E-state index in [0.29, 0.717) is 31.5 Å². The zero-order valence-electron chi connectivity index (χ0n) is 14.1. The Balaban J connectivity index is 2.19. The predicted octanol–water partition coefficient (Wildman–Crippen LogP) is 4.00. The Kier molecular flexibility index (Phi) is 5.22. The number of carbonyl (C=O) groups is 2. The molecule has 0 aliphatic carbocycles. The van der Waals surface area contributed by atoms with Gasteiger partial charge in [-0.15, -0.1) is 5.06 Å². The molecule has 4 nitrogen and oxygen atoms in total. The molecular weight excluding hydrogens is 342 g/mol. The van der Waals surface area contributed by atoms with Crippen LogP contribution in [0.5, 0.6) is 0 Å². The highest BCUT2D eigenvalue weighted by atomic mass is 19.4. The molecule has 0 radical (unpaired) electrons. The Labute approximate surface area is 142 Å². The van der Waals surface area contributed by atoms with Gasteiger partial charge in [0.2, 0.25) is 0 Å². The Morgan fingerprint density at radius 3 is 2.36 bits per heavy atom. The minimum atomic E-state index is -4.83. The zero-order valence-corrected chi connectivity index (χ0v) is 14.1. The molecule has 8 heteroatoms. The molecule has 25 heavy (non-hydrogen) atoms. The highest BCUT2D eigenvalue weighted by molar-refractivity contribution is 6.00. The van der Waals surface area contributed by atoms with Gasteiger partial charge in [-0.3, -0.25) is 4.79 Å². The van der Waals surface area contributed by atoms with Crippen molar-refractivity contribution in [3.8, 4) is 0 Å². The summed E-state index contributed by atoms with van der Waals surface area (Å²) in [5.41, 5.74) is -2.38. The molecule has 0 saturated carbocycles. The molecule has 1 aliphatic rings. The van der Waals surface area contributed by atoms with E-state index in [-0.39, 0.29) is 5.56 Å². The number of carbonyl (C=O) groups excluding carboxylic acids is 2. The Hall–Kier alpha value is -1.96. The second kappa shape index (κ2) is 6.74. The Morgan fingerprint density at radius 2 is 1.84 bits per heavy atom. The standard InChI is InChI=1S/C17H19F4NO3/c1-16(2,3)15(24)25-22-8-4-5-13(22)14(23)10-6-7-11(12(18)9-10)17(19,20)21/h6-7,9,13H,4-5,8H2,1-3H3/t13-/m1/s1. The molecule has 0 amide bonds. The van der Waals surface area contributed by atoms with Gasteiger partial charge < -0.3 is 4.84 Å². The molecule has 1 aromatic rings. The first-order valence-corrected chi connectivity index (χ1v) is 7.81. The monoisotopic (exact) mass is 361 g/mol. The molecule has 1 saturated heterocycles. The summed E-state index contributed by atoms with van der Waals surface area (Å²) >= 11 is 0. The highest BCUT2D eigenvalue weighted by Gasteiger charge is 2.38. The third kappa shape index (κ3) is 4.36. The minimum absolute atomic E-state index is 0.186. The van der Waals surface area contributed by atoms with Crippen molar-refractivity contribution < 1.29 is 32.0 Å². The summed E-state index contributed by atoms with van der Waals surface area (Å²) in [6.07, 6.45) is -3.87. The van der Waals surface area contributed by atoms with E-state index in [2.05, 4.69) is 0 Å². The minimum Gasteiger partial charge on any atom is -0.367 e. The molecule has 2 rings (SSSR count). The van der Waals surface area contributed by atoms with Crippen LogP contribution in [0.3, 0.4) is 0 Å². The number of nitrogens with zero attached hydrogens (tertiary/aromatic N) is 1. The number of ketones is 1. The molecule has 1 heterocycles. The van der Waals surface area contributed by atoms with Gasteiger partial charge in [-0.2, -0.15) is 13.2 Å². The van der Waals surface area contributed by atoms with Gasteiger partial charge in [0.05, 0.1) is 11.0 Å². The van der Waals surface area contributed by atoms with E-state index in [1.807, 2.05) is 0 Å². The van der Waals surface area contributed by atoms with E-state index in [0.717, 1.165) is 6.07 Å². The fraction of sp³-hybridized carbons (Fsp3) is 0.529. The quantitative estimate of drug-likeness (QED) is 0.603. The van der Waals surface area contributed by atoms with Gasteiger partial charge in [0.1, 0.15) is 11.9 Å². The van der Waals surface area contributed by atoms with E-state index >= 15 is 0 Å². The molecule has 0 bridgehead atoms. The molecule has 0 N–H and O–H groups in total. The summed E-state index contributed by atoms with van der Waals surface area (Å²) in [6, 6.07) is 1.23. The fourth-order valence-corrected chi connectivity index (χ4v) is 2.45. The number of hydrogen-bond donors (Lipinski definition) is 0. The Morgan fingerprint density at radius 1 is 1.20 bits per heavy atom. The van der Waals surface area contributed by atoms with Crippen LogP contribution >= 0.6 is 0 Å². The molecular formula is C17H19F4NO3. The molecule has 1 aromatic carbocycles. The van der Waals surface area contributed by atoms with Crippen molar-refractivity contribution in [3.63, 3.8) is 0 Å². The van der Waals surface area contributed by atoms with E-state index < -0.39 is 40.8 Å². The summed E-state index contributed by atoms with van der Waals surface area (Å²) < 4.78 is 51.5. The van der Waals surface area contributed by atoms with Crippen molar-refractivity contribution in [1.29, 1.82) is 0 Å². The largest absolute Gasteiger partial charge is 0.419 e. The Bertz CT molecular complexity index is 679. The SMILES string of the molecule is CC(C)(C)C(=O)ON1CCC[C@@H]1C(=O)c1ccc(C(F)(F)F)c(F)c1. The van der Waals surface area contributed by atoms with Gasteiger partial charge in [-0.25, -0.2) is 9.18 Å². The first-order chi connectivity index (χ1) is 11.4. The van der Waals surface area contributed by atoms with Crippen molar-refractivity contribution in [2.45, 2.75) is 45.8 Å². The van der Waals surface area contributed by atoms with Gasteiger partial charge in [-0.05, 0) is 45.7 Å². The van der Waals surface area contributed by atoms with E-state index in [9.17, 15) is 27.2 Å². The zero-order chi connectivity index (χ0) is 19.0. The van der Waals surface area contributed by atoms with E-state index in [4.69, 9.17) is 4.84 Å². The van der Waals surface area contributed by atoms with Gasteiger partial charge in [0.15, 0.2) is 5.78 Å². The second-order valence-corrected chi connectivity index (χ2v) is 6.98. The summed E-state index contributed by atoms with van der Waals surface area (Å²) in [7, 11) is 0. The van der Waals surface area contributed by atoms with Crippen LogP contribution in [-0.4, -0.2) is 29.4 Å². The van der Waals surface area contributed by atoms with Crippen molar-refractivity contribution >= 4 is 11.8 Å². The molecule has 0 unspecified atom stereocenters. The topological polar surface area (TPSA) is 46.6 Å². The van der Waals surface area contributed by atoms with Crippen LogP contribution in [0.4, 0.5) is 17.6 Å². The molecule has 1 fully saturated rings. The first-order valence-electron chi connectivity index (χ1n) is 7.81. The fourth-order valence-electron chi connectivity index (χ4n) is 2.45. The number of halogens is 4. The lowest BCUT2D eigenvalue weighted by Crippen LogP contribution is -2.40. The summed E-state index contributed by atoms with van der Waals surface area (Å²) in [6.45, 7) is 5.32. The van der Waals surface area contributed by atoms with Crippen LogP contribution in [0, 0.1) is 11.2 Å². The van der Waals surface area contributed by atoms with Crippen LogP contribution in [0.2, 0.25) is 0 Å². The third-order valence-electron chi connectivity index (χ3n) is 3.88. The maximum absolute atomic E-state index is 13.7. The van der Waals surface area contributed by atoms with Crippen LogP contribution in [-0.2, 0) is 15.8 Å². The number of hydrogen-bond acceptors (Lipinski definition) is 4. The number of benzene rings is 1. The van der Waals surface area contributed by atoms with Crippen LogP contribution in [0.25, 0.3) is 0 Å². The summed E-state index contributed by atoms with van der Waals surface area (Å²) in [4.78, 5) is 29.7. The van der Waals surface area contributed by atoms with Crippen LogP contribution in [0.1, 0.15) is 49.5 Å². The molecule has 138 valence electrons. The van der Waals surface area contributed by atoms with Crippen molar-refractivity contribution in [3.05, 3.63) is 35.1 Å². The average Bonchev–Trinajstić information content (AvgIpc) is 2.92. The van der Waals surface area contributed by atoms with Crippen LogP contribution in [0.15, 0.2) is 18.2 Å². The van der Waals surface area contributed by atoms with E-state index in [1.54, 1.807) is 20.8 Å². The maximum Gasteiger partial charge on any atom is 0.419 e. The van der Waals surface area contributed by atoms with Gasteiger partial charge >= 0.3 is 12.1 Å². The first kappa shape index (κ1) is 19.4. The normalized spacial score (nSPS) is 19.1. The van der Waals surface area contributed by atoms with Crippen LogP contribution < -0.4 is 0 Å². The lowest BCUT2D eigenvalue weighted by atomic mass is 9.98. The number of alkyl halides is 3. The predicted molar refractivity (Wildman–Crippen MR) is 81.0 cm³/mol. The number of Topliss-reactive ketones (excluding diaryl/α,β-unsaturated/α-hetero) is 1. The lowest BCUT2D eigenvalue weighted by Gasteiger charge is -2.26. The van der Waals surface area contributed by atoms with Crippen molar-refractivity contribution in [2.75, 3.05) is 6.54 Å².